The van der Waals surface area contributed by atoms with Gasteiger partial charge in [-0.15, -0.1) is 11.3 Å². The van der Waals surface area contributed by atoms with E-state index in [0.29, 0.717) is 0 Å². The van der Waals surface area contributed by atoms with Crippen molar-refractivity contribution in [3.8, 4) is 0 Å². The van der Waals surface area contributed by atoms with Gasteiger partial charge in [0.1, 0.15) is 11.6 Å². The highest BCUT2D eigenvalue weighted by Gasteiger charge is 1.80. The number of aryl methyl sites for hydroxylation is 11. The van der Waals surface area contributed by atoms with Crippen LogP contribution in [0.4, 0.5) is 0 Å². The van der Waals surface area contributed by atoms with Crippen molar-refractivity contribution < 1.29 is 8.83 Å². The van der Waals surface area contributed by atoms with Gasteiger partial charge in [-0.25, -0.2) is 9.97 Å². The minimum absolute atomic E-state index is 0. The summed E-state index contributed by atoms with van der Waals surface area (Å²) in [6.07, 6.45) is 22.8. The molecule has 0 fully saturated rings. The smallest absolute Gasteiger partial charge is 0.125 e. The fourth-order valence-corrected chi connectivity index (χ4v) is 5.77. The molecule has 0 aliphatic heterocycles. The van der Waals surface area contributed by atoms with Crippen molar-refractivity contribution in [2.75, 3.05) is 0 Å². The molecule has 2 aromatic carbocycles. The van der Waals surface area contributed by atoms with Crippen molar-refractivity contribution in [2.45, 2.75) is 128 Å². The topological polar surface area (TPSA) is 104 Å². The lowest BCUT2D eigenvalue weighted by Crippen LogP contribution is -1.80. The van der Waals surface area contributed by atoms with Gasteiger partial charge in [-0.3, -0.25) is 19.9 Å². The maximum absolute atomic E-state index is 4.83. The molecular weight excluding hydrogens is 1020 g/mol. The van der Waals surface area contributed by atoms with Crippen LogP contribution in [0.1, 0.15) is 113 Å². The number of aromatic nitrogens is 6. The minimum atomic E-state index is 0. The van der Waals surface area contributed by atoms with Gasteiger partial charge >= 0.3 is 0 Å². The first-order valence-electron chi connectivity index (χ1n) is 23.5. The van der Waals surface area contributed by atoms with Gasteiger partial charge in [0.05, 0.1) is 18.8 Å². The van der Waals surface area contributed by atoms with E-state index < -0.39 is 0 Å². The van der Waals surface area contributed by atoms with Crippen LogP contribution >= 0.6 is 22.7 Å². The molecule has 8 nitrogen and oxygen atoms in total. The van der Waals surface area contributed by atoms with Gasteiger partial charge in [0.2, 0.25) is 0 Å². The maximum Gasteiger partial charge on any atom is 0.125 e. The highest BCUT2D eigenvalue weighted by atomic mass is 32.1. The molecule has 0 unspecified atom stereocenters. The Morgan fingerprint density at radius 3 is 0.925 bits per heavy atom. The Morgan fingerprint density at radius 2 is 0.775 bits per heavy atom. The highest BCUT2D eigenvalue weighted by molar-refractivity contribution is 7.09. The molecular formula is C70H102N6O2S2. The normalized spacial score (nSPS) is 7.99. The number of furan rings is 2. The van der Waals surface area contributed by atoms with Gasteiger partial charge in [0.25, 0.3) is 0 Å². The average molecular weight is 1120 g/mol. The molecule has 9 heterocycles. The lowest BCUT2D eigenvalue weighted by atomic mass is 10.2. The van der Waals surface area contributed by atoms with E-state index >= 15 is 0 Å². The number of thiophene rings is 2. The summed E-state index contributed by atoms with van der Waals surface area (Å²) >= 11 is 3.52. The van der Waals surface area contributed by atoms with Crippen LogP contribution in [-0.4, -0.2) is 29.9 Å². The fourth-order valence-electron chi connectivity index (χ4n) is 4.58. The standard InChI is InChI=1S/2C7H8.4C6H7N.C5H6N2.2C5H6O.2C5H6S.7CH4/c2*1-7-5-3-2-4-6-7;2*1-6-2-4-7-5-3-6;2*1-6-3-2-4-7-5-6;1-5-6-3-2-4-7-5;1-5-2-3-6-4-5;1-5-3-2-4-6-5;1-5-2-3-6-4-5;1-5-3-2-4-6-5;;;;;;;/h2*2-6H,1H3;4*2-5H,1H3;2-4H,1H3;4*2-4H,1H3;7*1H4. The minimum Gasteiger partial charge on any atom is -0.472 e. The van der Waals surface area contributed by atoms with Crippen LogP contribution in [-0.2, 0) is 0 Å². The number of rotatable bonds is 0. The molecule has 10 heteroatoms. The molecule has 0 saturated heterocycles. The second kappa shape index (κ2) is 60.3. The predicted octanol–water partition coefficient (Wildman–Crippen LogP) is 22.1. The lowest BCUT2D eigenvalue weighted by molar-refractivity contribution is 0.534. The Hall–Kier alpha value is -7.92. The first-order valence-corrected chi connectivity index (χ1v) is 25.4. The zero-order chi connectivity index (χ0) is 53.4. The Morgan fingerprint density at radius 1 is 0.325 bits per heavy atom. The third-order valence-corrected chi connectivity index (χ3v) is 10.1. The Kier molecular flexibility index (Phi) is 64.8. The number of pyridine rings is 4. The van der Waals surface area contributed by atoms with E-state index in [9.17, 15) is 0 Å². The molecule has 9 aromatic heterocycles. The van der Waals surface area contributed by atoms with E-state index in [4.69, 9.17) is 8.83 Å². The fraction of sp³-hybridized carbons (Fsp3) is 0.257. The van der Waals surface area contributed by atoms with Crippen LogP contribution < -0.4 is 0 Å². The van der Waals surface area contributed by atoms with Gasteiger partial charge in [-0.1, -0.05) is 142 Å². The molecule has 0 radical (unpaired) electrons. The maximum atomic E-state index is 4.83. The van der Waals surface area contributed by atoms with E-state index in [-0.39, 0.29) is 52.0 Å². The molecule has 0 aliphatic carbocycles. The number of hydrogen-bond donors (Lipinski definition) is 0. The van der Waals surface area contributed by atoms with Crippen LogP contribution in [0.15, 0.2) is 257 Å². The van der Waals surface area contributed by atoms with Gasteiger partial charge in [0, 0.05) is 66.8 Å². The van der Waals surface area contributed by atoms with Gasteiger partial charge in [-0.2, -0.15) is 11.3 Å². The predicted molar refractivity (Wildman–Crippen MR) is 357 cm³/mol. The Balaban J connectivity index is -0.000000145. The molecule has 436 valence electrons. The zero-order valence-electron chi connectivity index (χ0n) is 44.5. The van der Waals surface area contributed by atoms with Crippen molar-refractivity contribution in [2.24, 2.45) is 0 Å². The summed E-state index contributed by atoms with van der Waals surface area (Å²) in [5.74, 6) is 1.79. The Bertz CT molecular complexity index is 2240. The molecule has 0 bridgehead atoms. The van der Waals surface area contributed by atoms with Crippen LogP contribution in [0.25, 0.3) is 0 Å². The van der Waals surface area contributed by atoms with Crippen molar-refractivity contribution >= 4 is 22.7 Å². The molecule has 0 spiro atoms. The summed E-state index contributed by atoms with van der Waals surface area (Å²) in [7, 11) is 0. The van der Waals surface area contributed by atoms with Crippen LogP contribution in [0.3, 0.4) is 0 Å². The third-order valence-electron chi connectivity index (χ3n) is 8.54. The summed E-state index contributed by atoms with van der Waals surface area (Å²) in [5.41, 5.74) is 10.1. The number of benzene rings is 2. The largest absolute Gasteiger partial charge is 0.472 e. The molecule has 11 rings (SSSR count). The van der Waals surface area contributed by atoms with Crippen LogP contribution in [0, 0.1) is 76.2 Å². The van der Waals surface area contributed by atoms with E-state index in [0.717, 1.165) is 11.6 Å². The number of hydrogen-bond acceptors (Lipinski definition) is 10. The van der Waals surface area contributed by atoms with Crippen LogP contribution in [0.2, 0.25) is 0 Å². The SMILES string of the molecule is C.C.C.C.C.C.C.Cc1ccccc1.Cc1ccccc1.Cc1cccnc1.Cc1cccnc1.Cc1ccco1.Cc1cccs1.Cc1ccncc1.Cc1ccncc1.Cc1ccoc1.Cc1ccsc1.Cc1ncccn1. The molecule has 0 saturated carbocycles. The van der Waals surface area contributed by atoms with Gasteiger partial charge in [-0.05, 0) is 198 Å². The highest BCUT2D eigenvalue weighted by Crippen LogP contribution is 2.04. The Labute approximate surface area is 496 Å². The number of nitrogens with zero attached hydrogens (tertiary/aromatic N) is 6. The van der Waals surface area contributed by atoms with Crippen molar-refractivity contribution in [3.63, 3.8) is 0 Å². The van der Waals surface area contributed by atoms with E-state index in [1.54, 1.807) is 97.1 Å². The quantitative estimate of drug-likeness (QED) is 0.148. The summed E-state index contributed by atoms with van der Waals surface area (Å²) in [5, 5.41) is 6.28. The van der Waals surface area contributed by atoms with E-state index in [2.05, 4.69) is 116 Å². The second-order valence-electron chi connectivity index (χ2n) is 15.8. The van der Waals surface area contributed by atoms with Crippen molar-refractivity contribution in [3.05, 3.63) is 310 Å². The molecule has 0 amide bonds. The molecule has 0 N–H and O–H groups in total. The molecule has 0 aliphatic rings. The molecule has 80 heavy (non-hydrogen) atoms. The van der Waals surface area contributed by atoms with Crippen LogP contribution in [0.5, 0.6) is 0 Å². The molecule has 11 aromatic rings. The second-order valence-corrected chi connectivity index (χ2v) is 17.7. The van der Waals surface area contributed by atoms with Crippen molar-refractivity contribution in [1.29, 1.82) is 0 Å². The summed E-state index contributed by atoms with van der Waals surface area (Å²) < 4.78 is 9.55. The monoisotopic (exact) mass is 1120 g/mol. The van der Waals surface area contributed by atoms with Gasteiger partial charge < -0.3 is 8.83 Å². The van der Waals surface area contributed by atoms with Gasteiger partial charge in [0.15, 0.2) is 0 Å². The molecule has 0 atom stereocenters. The summed E-state index contributed by atoms with van der Waals surface area (Å²) in [6.45, 7) is 22.3. The third kappa shape index (κ3) is 57.8. The first kappa shape index (κ1) is 86.0. The van der Waals surface area contributed by atoms with E-state index in [1.165, 1.54) is 49.4 Å². The van der Waals surface area contributed by atoms with E-state index in [1.807, 2.05) is 164 Å². The zero-order valence-corrected chi connectivity index (χ0v) is 46.1. The van der Waals surface area contributed by atoms with Crippen molar-refractivity contribution in [1.82, 2.24) is 29.9 Å². The first-order chi connectivity index (χ1) is 35.3. The summed E-state index contributed by atoms with van der Waals surface area (Å²) in [4.78, 5) is 24.6. The lowest BCUT2D eigenvalue weighted by Gasteiger charge is -1.82. The average Bonchev–Trinajstić information content (AvgIpc) is 4.28. The summed E-state index contributed by atoms with van der Waals surface area (Å²) in [6, 6.07) is 50.1.